The first-order valence-corrected chi connectivity index (χ1v) is 17.8. The van der Waals surface area contributed by atoms with Crippen LogP contribution in [0.2, 0.25) is 0 Å². The molecule has 0 saturated carbocycles. The van der Waals surface area contributed by atoms with Gasteiger partial charge in [-0.2, -0.15) is 0 Å². The second-order valence-corrected chi connectivity index (χ2v) is 12.9. The summed E-state index contributed by atoms with van der Waals surface area (Å²) in [5.41, 5.74) is 15.5. The maximum atomic E-state index is 5.73. The maximum absolute atomic E-state index is 5.73. The lowest BCUT2D eigenvalue weighted by molar-refractivity contribution is 0.715. The van der Waals surface area contributed by atoms with Crippen LogP contribution in [0.1, 0.15) is 124 Å². The number of rotatable bonds is 13. The van der Waals surface area contributed by atoms with Crippen molar-refractivity contribution in [2.45, 2.75) is 97.8 Å². The molecule has 0 fully saturated rings. The third-order valence-electron chi connectivity index (χ3n) is 9.51. The predicted octanol–water partition coefficient (Wildman–Crippen LogP) is 11.5. The van der Waals surface area contributed by atoms with Crippen molar-refractivity contribution in [2.24, 2.45) is 0 Å². The van der Waals surface area contributed by atoms with Crippen molar-refractivity contribution in [3.8, 4) is 23.5 Å². The Balaban J connectivity index is 1.69. The largest absolute Gasteiger partial charge is 0.355 e. The SMILES string of the molecule is C#Cc1ccc(-c2c3nc(c(CCCCC)c4ccc([nH]4)c(CCCCC)c4nc(c(CCCCC)c5ccc2[nH]5)C=C4)C=C3)cc1. The van der Waals surface area contributed by atoms with E-state index in [2.05, 4.69) is 97.4 Å². The number of unbranched alkanes of at least 4 members (excludes halogenated alkanes) is 6. The molecule has 0 amide bonds. The molecule has 0 unspecified atom stereocenters. The molecule has 2 N–H and O–H groups in total. The topological polar surface area (TPSA) is 57.4 Å². The van der Waals surface area contributed by atoms with E-state index in [-0.39, 0.29) is 0 Å². The number of fused-ring (bicyclic) bond motifs is 8. The number of terminal acetylenes is 1. The van der Waals surface area contributed by atoms with E-state index in [4.69, 9.17) is 16.4 Å². The Morgan fingerprint density at radius 3 is 1.36 bits per heavy atom. The molecule has 0 saturated heterocycles. The third kappa shape index (κ3) is 7.20. The molecule has 240 valence electrons. The second kappa shape index (κ2) is 15.3. The van der Waals surface area contributed by atoms with Gasteiger partial charge in [0.05, 0.1) is 22.8 Å². The number of H-pyrrole nitrogens is 2. The highest BCUT2D eigenvalue weighted by Crippen LogP contribution is 2.33. The molecular weight excluding hydrogens is 573 g/mol. The normalized spacial score (nSPS) is 12.1. The van der Waals surface area contributed by atoms with Crippen molar-refractivity contribution < 1.29 is 0 Å². The zero-order valence-corrected chi connectivity index (χ0v) is 28.4. The summed E-state index contributed by atoms with van der Waals surface area (Å²) < 4.78 is 0. The summed E-state index contributed by atoms with van der Waals surface area (Å²) in [7, 11) is 0. The second-order valence-electron chi connectivity index (χ2n) is 12.9. The number of hydrogen-bond acceptors (Lipinski definition) is 2. The summed E-state index contributed by atoms with van der Waals surface area (Å²) in [6.07, 6.45) is 28.1. The van der Waals surface area contributed by atoms with E-state index >= 15 is 0 Å². The Bertz CT molecular complexity index is 1970. The van der Waals surface area contributed by atoms with Crippen molar-refractivity contribution >= 4 is 46.4 Å². The van der Waals surface area contributed by atoms with E-state index in [1.54, 1.807) is 0 Å². The summed E-state index contributed by atoms with van der Waals surface area (Å²) in [4.78, 5) is 18.4. The van der Waals surface area contributed by atoms with Gasteiger partial charge in [0, 0.05) is 49.9 Å². The molecule has 47 heavy (non-hydrogen) atoms. The molecule has 4 nitrogen and oxygen atoms in total. The van der Waals surface area contributed by atoms with Crippen LogP contribution in [-0.2, 0) is 19.3 Å². The Morgan fingerprint density at radius 1 is 0.511 bits per heavy atom. The van der Waals surface area contributed by atoms with Crippen molar-refractivity contribution in [1.29, 1.82) is 0 Å². The number of hydrogen-bond donors (Lipinski definition) is 2. The standard InChI is InChI=1S/C43H48N4/c1-5-9-12-15-32-35-22-24-37(44-35)33(16-13-10-6-2)39-26-28-41(46-39)43(31-20-18-30(8-4)19-21-31)42-29-27-40(47-42)34(17-14-11-7-3)38-25-23-36(32)45-38/h4,18-29,44,47H,5-7,9-17H2,1-3H3. The van der Waals surface area contributed by atoms with Crippen LogP contribution in [0.15, 0.2) is 48.5 Å². The predicted molar refractivity (Wildman–Crippen MR) is 202 cm³/mol. The zero-order valence-electron chi connectivity index (χ0n) is 28.4. The van der Waals surface area contributed by atoms with E-state index in [1.165, 1.54) is 60.7 Å². The van der Waals surface area contributed by atoms with Gasteiger partial charge in [-0.1, -0.05) is 77.3 Å². The molecule has 4 aromatic rings. The van der Waals surface area contributed by atoms with Crippen LogP contribution in [0.25, 0.3) is 57.5 Å². The fourth-order valence-corrected chi connectivity index (χ4v) is 6.86. The van der Waals surface area contributed by atoms with Gasteiger partial charge in [0.2, 0.25) is 0 Å². The van der Waals surface area contributed by atoms with Crippen LogP contribution >= 0.6 is 0 Å². The summed E-state index contributed by atoms with van der Waals surface area (Å²) in [6.45, 7) is 6.79. The minimum absolute atomic E-state index is 0.871. The number of aryl methyl sites for hydroxylation is 3. The third-order valence-corrected chi connectivity index (χ3v) is 9.51. The Morgan fingerprint density at radius 2 is 0.915 bits per heavy atom. The fraction of sp³-hybridized carbons (Fsp3) is 0.349. The molecule has 0 radical (unpaired) electrons. The van der Waals surface area contributed by atoms with E-state index in [0.717, 1.165) is 94.5 Å². The van der Waals surface area contributed by atoms with E-state index < -0.39 is 0 Å². The van der Waals surface area contributed by atoms with Crippen molar-refractivity contribution in [2.75, 3.05) is 0 Å². The number of nitrogens with one attached hydrogen (secondary N) is 2. The molecule has 2 aliphatic heterocycles. The first-order chi connectivity index (χ1) is 23.1. The number of aromatic amines is 2. The minimum atomic E-state index is 0.871. The quantitative estimate of drug-likeness (QED) is 0.0997. The Kier molecular flexibility index (Phi) is 10.5. The average Bonchev–Trinajstić information content (AvgIpc) is 3.93. The van der Waals surface area contributed by atoms with Gasteiger partial charge in [0.15, 0.2) is 0 Å². The lowest BCUT2D eigenvalue weighted by atomic mass is 10.0. The van der Waals surface area contributed by atoms with Crippen LogP contribution in [0.4, 0.5) is 0 Å². The van der Waals surface area contributed by atoms with E-state index in [0.29, 0.717) is 0 Å². The smallest absolute Gasteiger partial charge is 0.0737 e. The monoisotopic (exact) mass is 620 g/mol. The first kappa shape index (κ1) is 32.3. The molecule has 0 atom stereocenters. The number of aromatic nitrogens is 4. The van der Waals surface area contributed by atoms with Gasteiger partial charge >= 0.3 is 0 Å². The van der Waals surface area contributed by atoms with Crippen molar-refractivity contribution in [3.05, 3.63) is 93.6 Å². The molecule has 5 heterocycles. The van der Waals surface area contributed by atoms with Crippen LogP contribution in [0.5, 0.6) is 0 Å². The molecular formula is C43H48N4. The van der Waals surface area contributed by atoms with Crippen LogP contribution < -0.4 is 0 Å². The highest BCUT2D eigenvalue weighted by atomic mass is 14.8. The number of benzene rings is 1. The summed E-state index contributed by atoms with van der Waals surface area (Å²) in [5.74, 6) is 2.77. The summed E-state index contributed by atoms with van der Waals surface area (Å²) in [5, 5.41) is 0. The number of nitrogens with zero attached hydrogens (tertiary/aromatic N) is 2. The average molecular weight is 621 g/mol. The lowest BCUT2D eigenvalue weighted by Gasteiger charge is -2.06. The van der Waals surface area contributed by atoms with Gasteiger partial charge in [-0.15, -0.1) is 6.42 Å². The minimum Gasteiger partial charge on any atom is -0.355 e. The van der Waals surface area contributed by atoms with Crippen LogP contribution in [-0.4, -0.2) is 19.9 Å². The molecule has 1 aromatic carbocycles. The van der Waals surface area contributed by atoms with Crippen molar-refractivity contribution in [1.82, 2.24) is 19.9 Å². The van der Waals surface area contributed by atoms with Gasteiger partial charge < -0.3 is 9.97 Å². The van der Waals surface area contributed by atoms with Gasteiger partial charge in [0.25, 0.3) is 0 Å². The van der Waals surface area contributed by atoms with Gasteiger partial charge in [-0.3, -0.25) is 0 Å². The molecule has 3 aromatic heterocycles. The summed E-state index contributed by atoms with van der Waals surface area (Å²) >= 11 is 0. The van der Waals surface area contributed by atoms with Crippen LogP contribution in [0, 0.1) is 12.3 Å². The molecule has 0 aliphatic carbocycles. The zero-order chi connectivity index (χ0) is 32.6. The highest BCUT2D eigenvalue weighted by Gasteiger charge is 2.17. The molecule has 6 rings (SSSR count). The van der Waals surface area contributed by atoms with E-state index in [9.17, 15) is 0 Å². The van der Waals surface area contributed by atoms with Crippen LogP contribution in [0.3, 0.4) is 0 Å². The summed E-state index contributed by atoms with van der Waals surface area (Å²) in [6, 6.07) is 17.2. The highest BCUT2D eigenvalue weighted by molar-refractivity contribution is 5.92. The first-order valence-electron chi connectivity index (χ1n) is 17.8. The van der Waals surface area contributed by atoms with Gasteiger partial charge in [0.1, 0.15) is 0 Å². The maximum Gasteiger partial charge on any atom is 0.0737 e. The molecule has 2 aliphatic rings. The molecule has 0 spiro atoms. The Labute approximate surface area is 280 Å². The lowest BCUT2D eigenvalue weighted by Crippen LogP contribution is -1.95. The molecule has 8 bridgehead atoms. The van der Waals surface area contributed by atoms with Gasteiger partial charge in [-0.25, -0.2) is 9.97 Å². The van der Waals surface area contributed by atoms with E-state index in [1.807, 2.05) is 12.1 Å². The van der Waals surface area contributed by atoms with Crippen molar-refractivity contribution in [3.63, 3.8) is 0 Å². The molecule has 4 heteroatoms. The fourth-order valence-electron chi connectivity index (χ4n) is 6.86. The Hall–Kier alpha value is -4.62. The van der Waals surface area contributed by atoms with Gasteiger partial charge in [-0.05, 0) is 105 Å².